The highest BCUT2D eigenvalue weighted by molar-refractivity contribution is 7.89. The third-order valence-corrected chi connectivity index (χ3v) is 5.90. The van der Waals surface area contributed by atoms with E-state index in [-0.39, 0.29) is 10.6 Å². The van der Waals surface area contributed by atoms with Gasteiger partial charge in [-0.05, 0) is 50.1 Å². The Balaban J connectivity index is 1.70. The quantitative estimate of drug-likeness (QED) is 0.825. The van der Waals surface area contributed by atoms with Gasteiger partial charge in [-0.3, -0.25) is 4.79 Å². The van der Waals surface area contributed by atoms with Crippen molar-refractivity contribution < 1.29 is 17.9 Å². The number of ether oxygens (including phenoxy) is 1. The van der Waals surface area contributed by atoms with E-state index in [0.29, 0.717) is 25.4 Å². The molecular formula is C17H21N3O4S. The van der Waals surface area contributed by atoms with E-state index in [4.69, 9.17) is 4.74 Å². The minimum Gasteiger partial charge on any atom is -0.494 e. The Kier molecular flexibility index (Phi) is 5.10. The summed E-state index contributed by atoms with van der Waals surface area (Å²) in [6, 6.07) is 8.35. The average Bonchev–Trinajstić information content (AvgIpc) is 3.29. The van der Waals surface area contributed by atoms with Crippen LogP contribution in [0.4, 0.5) is 5.69 Å². The lowest BCUT2D eigenvalue weighted by Crippen LogP contribution is -2.27. The molecule has 134 valence electrons. The highest BCUT2D eigenvalue weighted by Gasteiger charge is 2.28. The van der Waals surface area contributed by atoms with Gasteiger partial charge in [0.15, 0.2) is 0 Å². The monoisotopic (exact) mass is 363 g/mol. The fourth-order valence-corrected chi connectivity index (χ4v) is 4.24. The number of nitrogens with one attached hydrogen (secondary N) is 2. The van der Waals surface area contributed by atoms with Crippen molar-refractivity contribution in [3.8, 4) is 5.75 Å². The first-order valence-corrected chi connectivity index (χ1v) is 9.67. The molecule has 0 bridgehead atoms. The molecule has 8 heteroatoms. The first kappa shape index (κ1) is 17.5. The van der Waals surface area contributed by atoms with Crippen LogP contribution in [0.25, 0.3) is 0 Å². The van der Waals surface area contributed by atoms with E-state index in [1.165, 1.54) is 16.6 Å². The van der Waals surface area contributed by atoms with Gasteiger partial charge >= 0.3 is 0 Å². The summed E-state index contributed by atoms with van der Waals surface area (Å²) in [5.41, 5.74) is 0.804. The highest BCUT2D eigenvalue weighted by Crippen LogP contribution is 2.22. The smallest absolute Gasteiger partial charge is 0.272 e. The van der Waals surface area contributed by atoms with Gasteiger partial charge in [0.2, 0.25) is 10.0 Å². The molecule has 2 N–H and O–H groups in total. The van der Waals surface area contributed by atoms with Crippen molar-refractivity contribution in [1.29, 1.82) is 0 Å². The van der Waals surface area contributed by atoms with Crippen molar-refractivity contribution in [2.45, 2.75) is 24.7 Å². The first-order valence-electron chi connectivity index (χ1n) is 8.23. The molecule has 7 nitrogen and oxygen atoms in total. The zero-order chi connectivity index (χ0) is 17.9. The van der Waals surface area contributed by atoms with Gasteiger partial charge in [0.05, 0.1) is 6.61 Å². The molecule has 1 fully saturated rings. The van der Waals surface area contributed by atoms with Crippen molar-refractivity contribution in [3.63, 3.8) is 0 Å². The van der Waals surface area contributed by atoms with Crippen LogP contribution in [0.5, 0.6) is 5.75 Å². The van der Waals surface area contributed by atoms with Gasteiger partial charge in [-0.2, -0.15) is 4.31 Å². The number of nitrogens with zero attached hydrogens (tertiary/aromatic N) is 1. The fraction of sp³-hybridized carbons (Fsp3) is 0.353. The number of carbonyl (C=O) groups excluding carboxylic acids is 1. The second-order valence-corrected chi connectivity index (χ2v) is 7.71. The molecule has 0 atom stereocenters. The van der Waals surface area contributed by atoms with Gasteiger partial charge in [0.1, 0.15) is 16.3 Å². The van der Waals surface area contributed by atoms with E-state index in [1.54, 1.807) is 24.3 Å². The number of benzene rings is 1. The summed E-state index contributed by atoms with van der Waals surface area (Å²) >= 11 is 0. The Bertz CT molecular complexity index is 837. The topological polar surface area (TPSA) is 91.5 Å². The van der Waals surface area contributed by atoms with Gasteiger partial charge < -0.3 is 15.0 Å². The van der Waals surface area contributed by atoms with Crippen molar-refractivity contribution in [1.82, 2.24) is 9.29 Å². The number of sulfonamides is 1. The number of aromatic amines is 1. The molecule has 0 aliphatic carbocycles. The number of hydrogen-bond donors (Lipinski definition) is 2. The van der Waals surface area contributed by atoms with E-state index >= 15 is 0 Å². The van der Waals surface area contributed by atoms with Gasteiger partial charge in [-0.1, -0.05) is 0 Å². The summed E-state index contributed by atoms with van der Waals surface area (Å²) in [5.74, 6) is 0.325. The molecule has 1 amide bonds. The third-order valence-electron chi connectivity index (χ3n) is 4.03. The summed E-state index contributed by atoms with van der Waals surface area (Å²) in [6.45, 7) is 3.53. The van der Waals surface area contributed by atoms with Crippen LogP contribution >= 0.6 is 0 Å². The SMILES string of the molecule is CCOc1ccc(NC(=O)c2cc(S(=O)(=O)N3CCCC3)c[nH]2)cc1. The Hall–Kier alpha value is -2.32. The maximum atomic E-state index is 12.5. The van der Waals surface area contributed by atoms with Crippen LogP contribution in [0.15, 0.2) is 41.4 Å². The molecule has 0 spiro atoms. The largest absolute Gasteiger partial charge is 0.494 e. The maximum Gasteiger partial charge on any atom is 0.272 e. The number of carbonyl (C=O) groups is 1. The van der Waals surface area contributed by atoms with Crippen LogP contribution < -0.4 is 10.1 Å². The standard InChI is InChI=1S/C17H21N3O4S/c1-2-24-14-7-5-13(6-8-14)19-17(21)16-11-15(12-18-16)25(22,23)20-9-3-4-10-20/h5-8,11-12,18H,2-4,9-10H2,1H3,(H,19,21). The highest BCUT2D eigenvalue weighted by atomic mass is 32.2. The molecule has 0 radical (unpaired) electrons. The minimum absolute atomic E-state index is 0.117. The van der Waals surface area contributed by atoms with E-state index in [2.05, 4.69) is 10.3 Å². The molecule has 1 aliphatic rings. The van der Waals surface area contributed by atoms with E-state index in [9.17, 15) is 13.2 Å². The Morgan fingerprint density at radius 2 is 1.92 bits per heavy atom. The van der Waals surface area contributed by atoms with Crippen molar-refractivity contribution >= 4 is 21.6 Å². The molecule has 1 aromatic carbocycles. The normalized spacial score (nSPS) is 15.2. The van der Waals surface area contributed by atoms with Crippen molar-refractivity contribution in [3.05, 3.63) is 42.2 Å². The summed E-state index contributed by atoms with van der Waals surface area (Å²) < 4.78 is 31.8. The van der Waals surface area contributed by atoms with Crippen LogP contribution in [0, 0.1) is 0 Å². The Labute approximate surface area is 147 Å². The van der Waals surface area contributed by atoms with E-state index in [0.717, 1.165) is 18.6 Å². The second-order valence-electron chi connectivity index (χ2n) is 5.77. The molecule has 1 aromatic heterocycles. The Morgan fingerprint density at radius 1 is 1.24 bits per heavy atom. The molecule has 2 heterocycles. The lowest BCUT2D eigenvalue weighted by atomic mass is 10.3. The summed E-state index contributed by atoms with van der Waals surface area (Å²) in [4.78, 5) is 15.2. The van der Waals surface area contributed by atoms with Gasteiger partial charge in [0.25, 0.3) is 5.91 Å². The third kappa shape index (κ3) is 3.85. The van der Waals surface area contributed by atoms with Gasteiger partial charge in [-0.25, -0.2) is 8.42 Å². The molecule has 25 heavy (non-hydrogen) atoms. The second kappa shape index (κ2) is 7.28. The predicted molar refractivity (Wildman–Crippen MR) is 94.3 cm³/mol. The zero-order valence-electron chi connectivity index (χ0n) is 14.0. The molecule has 3 rings (SSSR count). The number of rotatable bonds is 6. The van der Waals surface area contributed by atoms with Gasteiger partial charge in [-0.15, -0.1) is 0 Å². The average molecular weight is 363 g/mol. The molecule has 0 saturated carbocycles. The molecule has 2 aromatic rings. The molecule has 0 unspecified atom stereocenters. The van der Waals surface area contributed by atoms with Crippen LogP contribution in [-0.2, 0) is 10.0 Å². The molecular weight excluding hydrogens is 342 g/mol. The lowest BCUT2D eigenvalue weighted by Gasteiger charge is -2.13. The van der Waals surface area contributed by atoms with Crippen molar-refractivity contribution in [2.24, 2.45) is 0 Å². The summed E-state index contributed by atoms with van der Waals surface area (Å²) in [7, 11) is -3.53. The van der Waals surface area contributed by atoms with Crippen LogP contribution in [-0.4, -0.2) is 43.3 Å². The van der Waals surface area contributed by atoms with E-state index in [1.807, 2.05) is 6.92 Å². The number of anilines is 1. The first-order chi connectivity index (χ1) is 12.0. The van der Waals surface area contributed by atoms with Crippen LogP contribution in [0.2, 0.25) is 0 Å². The maximum absolute atomic E-state index is 12.5. The molecule has 1 aliphatic heterocycles. The minimum atomic E-state index is -3.53. The number of amides is 1. The summed E-state index contributed by atoms with van der Waals surface area (Å²) in [6.07, 6.45) is 3.10. The fourth-order valence-electron chi connectivity index (χ4n) is 2.73. The lowest BCUT2D eigenvalue weighted by molar-refractivity contribution is 0.102. The van der Waals surface area contributed by atoms with Crippen LogP contribution in [0.1, 0.15) is 30.3 Å². The predicted octanol–water partition coefficient (Wildman–Crippen LogP) is 2.45. The summed E-state index contributed by atoms with van der Waals surface area (Å²) in [5, 5.41) is 2.73. The van der Waals surface area contributed by atoms with Gasteiger partial charge in [0, 0.05) is 25.0 Å². The number of aromatic nitrogens is 1. The number of hydrogen-bond acceptors (Lipinski definition) is 4. The van der Waals surface area contributed by atoms with Crippen molar-refractivity contribution in [2.75, 3.05) is 25.0 Å². The van der Waals surface area contributed by atoms with E-state index < -0.39 is 15.9 Å². The number of H-pyrrole nitrogens is 1. The molecule has 1 saturated heterocycles. The Morgan fingerprint density at radius 3 is 2.56 bits per heavy atom. The zero-order valence-corrected chi connectivity index (χ0v) is 14.8. The van der Waals surface area contributed by atoms with Crippen LogP contribution in [0.3, 0.4) is 0 Å².